The van der Waals surface area contributed by atoms with E-state index in [0.717, 1.165) is 5.01 Å². The minimum Gasteiger partial charge on any atom is -0.273 e. The van der Waals surface area contributed by atoms with Crippen LogP contribution in [0.3, 0.4) is 0 Å². The first-order valence-electron chi connectivity index (χ1n) is 4.42. The summed E-state index contributed by atoms with van der Waals surface area (Å²) < 4.78 is 0. The van der Waals surface area contributed by atoms with Crippen molar-refractivity contribution in [2.45, 2.75) is 13.3 Å². The molecule has 0 aromatic carbocycles. The van der Waals surface area contributed by atoms with Gasteiger partial charge in [-0.15, -0.1) is 0 Å². The van der Waals surface area contributed by atoms with Crippen LogP contribution in [0.4, 0.5) is 0 Å². The van der Waals surface area contributed by atoms with Crippen LogP contribution < -0.4 is 5.84 Å². The van der Waals surface area contributed by atoms with Crippen LogP contribution in [0.1, 0.15) is 13.3 Å². The smallest absolute Gasteiger partial charge is 0.248 e. The molecule has 4 nitrogen and oxygen atoms in total. The molecule has 1 heterocycles. The van der Waals surface area contributed by atoms with Crippen LogP contribution >= 0.6 is 0 Å². The van der Waals surface area contributed by atoms with E-state index < -0.39 is 0 Å². The summed E-state index contributed by atoms with van der Waals surface area (Å²) in [4.78, 5) is 22.9. The lowest BCUT2D eigenvalue weighted by molar-refractivity contribution is -0.140. The van der Waals surface area contributed by atoms with Gasteiger partial charge in [-0.3, -0.25) is 9.59 Å². The number of hydrazine groups is 1. The van der Waals surface area contributed by atoms with E-state index in [4.69, 9.17) is 5.84 Å². The second-order valence-corrected chi connectivity index (χ2v) is 3.70. The number of amides is 2. The van der Waals surface area contributed by atoms with Gasteiger partial charge in [-0.2, -0.15) is 0 Å². The predicted molar refractivity (Wildman–Crippen MR) is 45.9 cm³/mol. The van der Waals surface area contributed by atoms with Gasteiger partial charge in [0.1, 0.15) is 0 Å². The van der Waals surface area contributed by atoms with Crippen molar-refractivity contribution in [2.75, 3.05) is 0 Å². The first-order chi connectivity index (χ1) is 6.13. The molecule has 1 saturated heterocycles. The van der Waals surface area contributed by atoms with Crippen LogP contribution in [0.5, 0.6) is 0 Å². The molecule has 1 aliphatic carbocycles. The number of imide groups is 1. The average molecular weight is 180 g/mol. The molecule has 0 spiro atoms. The zero-order chi connectivity index (χ0) is 9.59. The SMILES string of the molecule is CC1C=CCC2C(=O)N(N)C(=O)C12. The first kappa shape index (κ1) is 8.44. The largest absolute Gasteiger partial charge is 0.273 e. The highest BCUT2D eigenvalue weighted by Gasteiger charge is 2.48. The van der Waals surface area contributed by atoms with E-state index in [1.807, 2.05) is 19.1 Å². The maximum absolute atomic E-state index is 11.5. The van der Waals surface area contributed by atoms with Crippen molar-refractivity contribution in [3.05, 3.63) is 12.2 Å². The molecule has 0 radical (unpaired) electrons. The molecular weight excluding hydrogens is 168 g/mol. The van der Waals surface area contributed by atoms with Gasteiger partial charge in [0.2, 0.25) is 11.8 Å². The Kier molecular flexibility index (Phi) is 1.73. The third kappa shape index (κ3) is 1.02. The number of rotatable bonds is 0. The number of nitrogens with two attached hydrogens (primary N) is 1. The molecule has 1 aliphatic heterocycles. The summed E-state index contributed by atoms with van der Waals surface area (Å²) in [5.41, 5.74) is 0. The van der Waals surface area contributed by atoms with Crippen molar-refractivity contribution in [1.29, 1.82) is 0 Å². The van der Waals surface area contributed by atoms with Gasteiger partial charge < -0.3 is 0 Å². The molecule has 2 aliphatic rings. The molecule has 3 atom stereocenters. The number of carbonyl (C=O) groups excluding carboxylic acids is 2. The van der Waals surface area contributed by atoms with E-state index in [0.29, 0.717) is 6.42 Å². The highest BCUT2D eigenvalue weighted by molar-refractivity contribution is 6.04. The number of carbonyl (C=O) groups is 2. The average Bonchev–Trinajstić information content (AvgIpc) is 2.33. The first-order valence-corrected chi connectivity index (χ1v) is 4.42. The number of allylic oxidation sites excluding steroid dienone is 2. The van der Waals surface area contributed by atoms with Crippen LogP contribution in [0.2, 0.25) is 0 Å². The number of fused-ring (bicyclic) bond motifs is 1. The van der Waals surface area contributed by atoms with Crippen molar-refractivity contribution in [1.82, 2.24) is 5.01 Å². The van der Waals surface area contributed by atoms with E-state index in [9.17, 15) is 9.59 Å². The zero-order valence-electron chi connectivity index (χ0n) is 7.43. The Morgan fingerprint density at radius 1 is 1.46 bits per heavy atom. The summed E-state index contributed by atoms with van der Waals surface area (Å²) in [6.07, 6.45) is 4.58. The molecule has 0 aromatic rings. The quantitative estimate of drug-likeness (QED) is 0.248. The number of hydrogen-bond donors (Lipinski definition) is 1. The van der Waals surface area contributed by atoms with Gasteiger partial charge in [-0.05, 0) is 12.3 Å². The fourth-order valence-electron chi connectivity index (χ4n) is 2.17. The Balaban J connectivity index is 2.36. The summed E-state index contributed by atoms with van der Waals surface area (Å²) >= 11 is 0. The van der Waals surface area contributed by atoms with Crippen molar-refractivity contribution >= 4 is 11.8 Å². The molecule has 3 unspecified atom stereocenters. The fraction of sp³-hybridized carbons (Fsp3) is 0.556. The Bertz CT molecular complexity index is 298. The lowest BCUT2D eigenvalue weighted by Gasteiger charge is -2.22. The molecule has 0 bridgehead atoms. The highest BCUT2D eigenvalue weighted by atomic mass is 16.2. The second kappa shape index (κ2) is 2.67. The summed E-state index contributed by atoms with van der Waals surface area (Å²) in [7, 11) is 0. The van der Waals surface area contributed by atoms with Crippen molar-refractivity contribution in [3.63, 3.8) is 0 Å². The third-order valence-electron chi connectivity index (χ3n) is 2.91. The van der Waals surface area contributed by atoms with Crippen molar-refractivity contribution in [2.24, 2.45) is 23.6 Å². The maximum atomic E-state index is 11.5. The van der Waals surface area contributed by atoms with Gasteiger partial charge in [0, 0.05) is 0 Å². The van der Waals surface area contributed by atoms with E-state index in [2.05, 4.69) is 0 Å². The summed E-state index contributed by atoms with van der Waals surface area (Å²) in [5.74, 6) is 4.59. The monoisotopic (exact) mass is 180 g/mol. The molecule has 0 aromatic heterocycles. The van der Waals surface area contributed by atoms with Crippen LogP contribution in [0.15, 0.2) is 12.2 Å². The van der Waals surface area contributed by atoms with E-state index in [-0.39, 0.29) is 29.6 Å². The van der Waals surface area contributed by atoms with E-state index >= 15 is 0 Å². The molecule has 2 rings (SSSR count). The molecule has 4 heteroatoms. The molecule has 2 amide bonds. The fourth-order valence-corrected chi connectivity index (χ4v) is 2.17. The van der Waals surface area contributed by atoms with E-state index in [1.54, 1.807) is 0 Å². The van der Waals surface area contributed by atoms with Crippen LogP contribution in [0, 0.1) is 17.8 Å². The summed E-state index contributed by atoms with van der Waals surface area (Å²) in [5, 5.41) is 0.777. The number of nitrogens with zero attached hydrogens (tertiary/aromatic N) is 1. The Labute approximate surface area is 76.4 Å². The van der Waals surface area contributed by atoms with E-state index in [1.165, 1.54) is 0 Å². The molecule has 13 heavy (non-hydrogen) atoms. The lowest BCUT2D eigenvalue weighted by atomic mass is 9.78. The normalized spacial score (nSPS) is 38.3. The Morgan fingerprint density at radius 3 is 2.77 bits per heavy atom. The minimum atomic E-state index is -0.230. The Morgan fingerprint density at radius 2 is 2.15 bits per heavy atom. The lowest BCUT2D eigenvalue weighted by Crippen LogP contribution is -2.37. The summed E-state index contributed by atoms with van der Waals surface area (Å²) in [6.45, 7) is 1.94. The van der Waals surface area contributed by atoms with Crippen LogP contribution in [-0.2, 0) is 9.59 Å². The third-order valence-corrected chi connectivity index (χ3v) is 2.91. The van der Waals surface area contributed by atoms with Gasteiger partial charge in [0.05, 0.1) is 11.8 Å². The Hall–Kier alpha value is -1.16. The van der Waals surface area contributed by atoms with Crippen LogP contribution in [-0.4, -0.2) is 16.8 Å². The molecule has 0 saturated carbocycles. The van der Waals surface area contributed by atoms with Crippen molar-refractivity contribution < 1.29 is 9.59 Å². The molecule has 1 fully saturated rings. The predicted octanol–water partition coefficient (Wildman–Crippen LogP) is 0.0573. The van der Waals surface area contributed by atoms with Crippen LogP contribution in [0.25, 0.3) is 0 Å². The second-order valence-electron chi connectivity index (χ2n) is 3.70. The van der Waals surface area contributed by atoms with Gasteiger partial charge >= 0.3 is 0 Å². The topological polar surface area (TPSA) is 63.4 Å². The highest BCUT2D eigenvalue weighted by Crippen LogP contribution is 2.36. The van der Waals surface area contributed by atoms with Crippen molar-refractivity contribution in [3.8, 4) is 0 Å². The molecule has 70 valence electrons. The van der Waals surface area contributed by atoms with Gasteiger partial charge in [-0.25, -0.2) is 10.9 Å². The minimum absolute atomic E-state index is 0.128. The standard InChI is InChI=1S/C9H12N2O2/c1-5-3-2-4-6-7(5)9(13)11(10)8(6)12/h2-3,5-7H,4,10H2,1H3. The summed E-state index contributed by atoms with van der Waals surface area (Å²) in [6, 6.07) is 0. The maximum Gasteiger partial charge on any atom is 0.248 e. The molecular formula is C9H12N2O2. The van der Waals surface area contributed by atoms with Gasteiger partial charge in [0.25, 0.3) is 0 Å². The number of hydrogen-bond acceptors (Lipinski definition) is 3. The molecule has 2 N–H and O–H groups in total. The van der Waals surface area contributed by atoms with Gasteiger partial charge in [0.15, 0.2) is 0 Å². The zero-order valence-corrected chi connectivity index (χ0v) is 7.43. The van der Waals surface area contributed by atoms with Gasteiger partial charge in [-0.1, -0.05) is 19.1 Å².